The second-order valence-corrected chi connectivity index (χ2v) is 5.43. The first kappa shape index (κ1) is 14.1. The van der Waals surface area contributed by atoms with Crippen molar-refractivity contribution < 1.29 is 9.53 Å². The Morgan fingerprint density at radius 3 is 2.37 bits per heavy atom. The fourth-order valence-corrected chi connectivity index (χ4v) is 2.69. The van der Waals surface area contributed by atoms with Gasteiger partial charge in [-0.25, -0.2) is 0 Å². The Kier molecular flexibility index (Phi) is 4.97. The number of likely N-dealkylation sites (tertiary alicyclic amines) is 1. The molecule has 2 saturated heterocycles. The third-order valence-corrected chi connectivity index (χ3v) is 3.94. The SMILES string of the molecule is CN1CCC(C2CCOC2)C1=O.Cc1ccccc1. The summed E-state index contributed by atoms with van der Waals surface area (Å²) in [5.41, 5.74) is 1.32. The molecule has 0 N–H and O–H groups in total. The number of carbonyl (C=O) groups is 1. The summed E-state index contributed by atoms with van der Waals surface area (Å²) >= 11 is 0. The van der Waals surface area contributed by atoms with Gasteiger partial charge in [-0.05, 0) is 25.7 Å². The van der Waals surface area contributed by atoms with Gasteiger partial charge in [-0.2, -0.15) is 0 Å². The van der Waals surface area contributed by atoms with E-state index >= 15 is 0 Å². The standard InChI is InChI=1S/C9H15NO2.C7H8/c1-10-4-2-8(9(10)11)7-3-5-12-6-7;1-7-5-3-2-4-6-7/h7-8H,2-6H2,1H3;2-6H,1H3. The van der Waals surface area contributed by atoms with E-state index in [0.29, 0.717) is 11.8 Å². The fourth-order valence-electron chi connectivity index (χ4n) is 2.69. The molecule has 2 unspecified atom stereocenters. The van der Waals surface area contributed by atoms with Crippen LogP contribution in [0.4, 0.5) is 0 Å². The number of carbonyl (C=O) groups excluding carboxylic acids is 1. The first-order valence-electron chi connectivity index (χ1n) is 7.03. The van der Waals surface area contributed by atoms with Crippen molar-refractivity contribution in [3.8, 4) is 0 Å². The van der Waals surface area contributed by atoms with Gasteiger partial charge in [-0.1, -0.05) is 35.9 Å². The highest BCUT2D eigenvalue weighted by Crippen LogP contribution is 2.30. The Hall–Kier alpha value is -1.35. The molecule has 1 amide bonds. The lowest BCUT2D eigenvalue weighted by atomic mass is 9.90. The number of benzene rings is 1. The maximum absolute atomic E-state index is 11.6. The van der Waals surface area contributed by atoms with Gasteiger partial charge in [0.2, 0.25) is 5.91 Å². The molecule has 3 nitrogen and oxygen atoms in total. The minimum Gasteiger partial charge on any atom is -0.381 e. The molecule has 1 aromatic carbocycles. The van der Waals surface area contributed by atoms with Gasteiger partial charge in [0, 0.05) is 26.1 Å². The Bertz CT molecular complexity index is 398. The lowest BCUT2D eigenvalue weighted by Crippen LogP contribution is -2.27. The molecule has 0 radical (unpaired) electrons. The molecule has 1 aromatic rings. The Labute approximate surface area is 115 Å². The molecule has 0 bridgehead atoms. The van der Waals surface area contributed by atoms with Gasteiger partial charge in [0.25, 0.3) is 0 Å². The molecule has 3 rings (SSSR count). The van der Waals surface area contributed by atoms with Crippen LogP contribution in [0.5, 0.6) is 0 Å². The van der Waals surface area contributed by atoms with E-state index in [9.17, 15) is 4.79 Å². The van der Waals surface area contributed by atoms with Crippen molar-refractivity contribution in [2.45, 2.75) is 19.8 Å². The van der Waals surface area contributed by atoms with Crippen LogP contribution in [0.25, 0.3) is 0 Å². The monoisotopic (exact) mass is 261 g/mol. The molecule has 2 heterocycles. The maximum Gasteiger partial charge on any atom is 0.225 e. The molecule has 0 aliphatic carbocycles. The van der Waals surface area contributed by atoms with E-state index in [0.717, 1.165) is 32.6 Å². The van der Waals surface area contributed by atoms with Crippen molar-refractivity contribution >= 4 is 5.91 Å². The summed E-state index contributed by atoms with van der Waals surface area (Å²) in [6.07, 6.45) is 2.10. The average molecular weight is 261 g/mol. The summed E-state index contributed by atoms with van der Waals surface area (Å²) < 4.78 is 5.28. The molecule has 2 aliphatic rings. The van der Waals surface area contributed by atoms with Crippen LogP contribution in [0.3, 0.4) is 0 Å². The number of hydrogen-bond donors (Lipinski definition) is 0. The Balaban J connectivity index is 0.000000163. The van der Waals surface area contributed by atoms with Gasteiger partial charge < -0.3 is 9.64 Å². The topological polar surface area (TPSA) is 29.5 Å². The second kappa shape index (κ2) is 6.71. The van der Waals surface area contributed by atoms with Crippen molar-refractivity contribution in [2.24, 2.45) is 11.8 Å². The predicted octanol–water partition coefficient (Wildman–Crippen LogP) is 2.50. The first-order valence-corrected chi connectivity index (χ1v) is 7.03. The van der Waals surface area contributed by atoms with Crippen molar-refractivity contribution in [2.75, 3.05) is 26.8 Å². The molecule has 2 aliphatic heterocycles. The number of aryl methyl sites for hydroxylation is 1. The van der Waals surface area contributed by atoms with Crippen molar-refractivity contribution in [1.29, 1.82) is 0 Å². The molecule has 19 heavy (non-hydrogen) atoms. The summed E-state index contributed by atoms with van der Waals surface area (Å²) in [6.45, 7) is 4.66. The van der Waals surface area contributed by atoms with Gasteiger partial charge in [-0.15, -0.1) is 0 Å². The summed E-state index contributed by atoms with van der Waals surface area (Å²) in [5.74, 6) is 1.09. The van der Waals surface area contributed by atoms with Gasteiger partial charge in [0.15, 0.2) is 0 Å². The third kappa shape index (κ3) is 3.80. The van der Waals surface area contributed by atoms with E-state index in [-0.39, 0.29) is 5.92 Å². The molecular formula is C16H23NO2. The molecular weight excluding hydrogens is 238 g/mol. The first-order chi connectivity index (χ1) is 9.18. The molecule has 0 saturated carbocycles. The van der Waals surface area contributed by atoms with E-state index in [1.807, 2.05) is 30.1 Å². The van der Waals surface area contributed by atoms with Crippen molar-refractivity contribution in [3.63, 3.8) is 0 Å². The highest BCUT2D eigenvalue weighted by molar-refractivity contribution is 5.80. The Morgan fingerprint density at radius 2 is 1.95 bits per heavy atom. The van der Waals surface area contributed by atoms with Gasteiger partial charge in [-0.3, -0.25) is 4.79 Å². The highest BCUT2D eigenvalue weighted by atomic mass is 16.5. The summed E-state index contributed by atoms with van der Waals surface area (Å²) in [5, 5.41) is 0. The van der Waals surface area contributed by atoms with Crippen molar-refractivity contribution in [1.82, 2.24) is 4.90 Å². The van der Waals surface area contributed by atoms with Crippen LogP contribution >= 0.6 is 0 Å². The second-order valence-electron chi connectivity index (χ2n) is 5.43. The van der Waals surface area contributed by atoms with Crippen LogP contribution in [0.2, 0.25) is 0 Å². The van der Waals surface area contributed by atoms with Crippen molar-refractivity contribution in [3.05, 3.63) is 35.9 Å². The van der Waals surface area contributed by atoms with Crippen LogP contribution in [-0.2, 0) is 9.53 Å². The lowest BCUT2D eigenvalue weighted by Gasteiger charge is -2.14. The van der Waals surface area contributed by atoms with Crippen LogP contribution in [0, 0.1) is 18.8 Å². The largest absolute Gasteiger partial charge is 0.381 e. The minimum atomic E-state index is 0.262. The number of amides is 1. The predicted molar refractivity (Wildman–Crippen MR) is 75.8 cm³/mol. The molecule has 0 spiro atoms. The van der Waals surface area contributed by atoms with Crippen LogP contribution < -0.4 is 0 Å². The normalized spacial score (nSPS) is 26.2. The quantitative estimate of drug-likeness (QED) is 0.777. The lowest BCUT2D eigenvalue weighted by molar-refractivity contribution is -0.131. The van der Waals surface area contributed by atoms with E-state index in [1.54, 1.807) is 0 Å². The zero-order chi connectivity index (χ0) is 13.7. The van der Waals surface area contributed by atoms with Gasteiger partial charge in [0.05, 0.1) is 6.61 Å². The van der Waals surface area contributed by atoms with Crippen LogP contribution in [0.15, 0.2) is 30.3 Å². The maximum atomic E-state index is 11.6. The van der Waals surface area contributed by atoms with Gasteiger partial charge >= 0.3 is 0 Å². The number of nitrogens with zero attached hydrogens (tertiary/aromatic N) is 1. The molecule has 0 aromatic heterocycles. The molecule has 3 heteroatoms. The minimum absolute atomic E-state index is 0.262. The molecule has 2 atom stereocenters. The van der Waals surface area contributed by atoms with Crippen LogP contribution in [-0.4, -0.2) is 37.6 Å². The highest BCUT2D eigenvalue weighted by Gasteiger charge is 2.36. The average Bonchev–Trinajstić information content (AvgIpc) is 3.03. The fraction of sp³-hybridized carbons (Fsp3) is 0.562. The number of rotatable bonds is 1. The van der Waals surface area contributed by atoms with E-state index < -0.39 is 0 Å². The summed E-state index contributed by atoms with van der Waals surface area (Å²) in [4.78, 5) is 13.4. The summed E-state index contributed by atoms with van der Waals surface area (Å²) in [6, 6.07) is 10.3. The summed E-state index contributed by atoms with van der Waals surface area (Å²) in [7, 11) is 1.89. The Morgan fingerprint density at radius 1 is 1.21 bits per heavy atom. The zero-order valence-corrected chi connectivity index (χ0v) is 11.8. The van der Waals surface area contributed by atoms with E-state index in [4.69, 9.17) is 4.74 Å². The zero-order valence-electron chi connectivity index (χ0n) is 11.8. The van der Waals surface area contributed by atoms with Crippen LogP contribution in [0.1, 0.15) is 18.4 Å². The van der Waals surface area contributed by atoms with Gasteiger partial charge in [0.1, 0.15) is 0 Å². The number of hydrogen-bond acceptors (Lipinski definition) is 2. The number of ether oxygens (including phenoxy) is 1. The third-order valence-electron chi connectivity index (χ3n) is 3.94. The smallest absolute Gasteiger partial charge is 0.225 e. The molecule has 104 valence electrons. The van der Waals surface area contributed by atoms with E-state index in [1.165, 1.54) is 5.56 Å². The molecule has 2 fully saturated rings. The van der Waals surface area contributed by atoms with E-state index in [2.05, 4.69) is 19.1 Å².